The number of fused-ring (bicyclic) bond motifs is 1. The number of nitrogens with one attached hydrogen (secondary N) is 1. The fraction of sp³-hybridized carbons (Fsp3) is 0.375. The van der Waals surface area contributed by atoms with Crippen LogP contribution in [0.5, 0.6) is 11.5 Å². The highest BCUT2D eigenvalue weighted by molar-refractivity contribution is 5.86. The molecule has 0 radical (unpaired) electrons. The smallest absolute Gasteiger partial charge is 0.326 e. The van der Waals surface area contributed by atoms with Crippen molar-refractivity contribution in [1.82, 2.24) is 10.2 Å². The fourth-order valence-electron chi connectivity index (χ4n) is 3.78. The minimum Gasteiger partial charge on any atom is -0.480 e. The van der Waals surface area contributed by atoms with Crippen LogP contribution in [0.15, 0.2) is 42.5 Å². The lowest BCUT2D eigenvalue weighted by atomic mass is 9.93. The summed E-state index contributed by atoms with van der Waals surface area (Å²) in [5.41, 5.74) is 2.99. The van der Waals surface area contributed by atoms with Gasteiger partial charge in [-0.2, -0.15) is 0 Å². The second kappa shape index (κ2) is 10.6. The van der Waals surface area contributed by atoms with E-state index in [1.165, 1.54) is 29.7 Å². The number of benzene rings is 2. The van der Waals surface area contributed by atoms with E-state index in [0.717, 1.165) is 23.3 Å². The number of carboxylic acid groups (broad SMARTS) is 1. The number of carbonyl (C=O) groups excluding carboxylic acids is 2. The second-order valence-electron chi connectivity index (χ2n) is 7.71. The Morgan fingerprint density at radius 3 is 2.55 bits per heavy atom. The van der Waals surface area contributed by atoms with E-state index in [9.17, 15) is 19.5 Å². The number of ether oxygens (including phenoxy) is 1. The fourth-order valence-corrected chi connectivity index (χ4v) is 3.78. The second-order valence-corrected chi connectivity index (χ2v) is 7.71. The molecular formula is C24H28N2O5. The predicted molar refractivity (Wildman–Crippen MR) is 116 cm³/mol. The Hall–Kier alpha value is -3.35. The summed E-state index contributed by atoms with van der Waals surface area (Å²) >= 11 is 0. The molecule has 2 N–H and O–H groups in total. The van der Waals surface area contributed by atoms with Gasteiger partial charge in [-0.15, -0.1) is 0 Å². The van der Waals surface area contributed by atoms with Crippen molar-refractivity contribution in [3.05, 3.63) is 59.2 Å². The standard InChI is InChI=1S/C24H28N2O5/c1-2-3-4-5-17-6-9-20(10-7-17)31-21-11-8-18-13-22(24(29)30)26(15-19(18)12-21)23(28)14-25-16-27/h6-12,16,22H,2-5,13-15H2,1H3,(H,25,27)(H,29,30). The lowest BCUT2D eigenvalue weighted by molar-refractivity contribution is -0.151. The zero-order valence-electron chi connectivity index (χ0n) is 17.7. The normalized spacial score (nSPS) is 15.1. The monoisotopic (exact) mass is 424 g/mol. The van der Waals surface area contributed by atoms with Gasteiger partial charge in [0.1, 0.15) is 17.5 Å². The number of hydrogen-bond acceptors (Lipinski definition) is 4. The molecule has 1 aliphatic heterocycles. The van der Waals surface area contributed by atoms with Crippen molar-refractivity contribution >= 4 is 18.3 Å². The van der Waals surface area contributed by atoms with Gasteiger partial charge < -0.3 is 20.1 Å². The van der Waals surface area contributed by atoms with Gasteiger partial charge in [-0.1, -0.05) is 38.0 Å². The van der Waals surface area contributed by atoms with Gasteiger partial charge in [0.15, 0.2) is 0 Å². The molecule has 164 valence electrons. The average molecular weight is 424 g/mol. The number of unbranched alkanes of at least 4 members (excludes halogenated alkanes) is 2. The Balaban J connectivity index is 1.72. The first-order chi connectivity index (χ1) is 15.0. The number of aryl methyl sites for hydroxylation is 1. The first-order valence-electron chi connectivity index (χ1n) is 10.6. The van der Waals surface area contributed by atoms with Crippen molar-refractivity contribution in [2.24, 2.45) is 0 Å². The van der Waals surface area contributed by atoms with Crippen LogP contribution in [0.25, 0.3) is 0 Å². The molecule has 7 heteroatoms. The molecule has 7 nitrogen and oxygen atoms in total. The minimum absolute atomic E-state index is 0.152. The third-order valence-electron chi connectivity index (χ3n) is 5.48. The van der Waals surface area contributed by atoms with Crippen molar-refractivity contribution in [3.63, 3.8) is 0 Å². The van der Waals surface area contributed by atoms with Crippen LogP contribution in [0.3, 0.4) is 0 Å². The van der Waals surface area contributed by atoms with Crippen LogP contribution in [0.2, 0.25) is 0 Å². The molecule has 0 fully saturated rings. The Morgan fingerprint density at radius 2 is 1.87 bits per heavy atom. The molecule has 1 heterocycles. The van der Waals surface area contributed by atoms with Crippen LogP contribution in [0.1, 0.15) is 42.9 Å². The summed E-state index contributed by atoms with van der Waals surface area (Å²) in [6.07, 6.45) is 5.29. The summed E-state index contributed by atoms with van der Waals surface area (Å²) in [4.78, 5) is 35.8. The number of carboxylic acids is 1. The van der Waals surface area contributed by atoms with E-state index in [-0.39, 0.29) is 19.5 Å². The van der Waals surface area contributed by atoms with Crippen LogP contribution in [-0.2, 0) is 33.8 Å². The maximum atomic E-state index is 12.4. The molecular weight excluding hydrogens is 396 g/mol. The summed E-state index contributed by atoms with van der Waals surface area (Å²) < 4.78 is 5.98. The molecule has 3 rings (SSSR count). The highest BCUT2D eigenvalue weighted by Gasteiger charge is 2.34. The van der Waals surface area contributed by atoms with Gasteiger partial charge in [0.25, 0.3) is 0 Å². The van der Waals surface area contributed by atoms with Gasteiger partial charge in [-0.25, -0.2) is 4.79 Å². The number of rotatable bonds is 10. The molecule has 31 heavy (non-hydrogen) atoms. The average Bonchev–Trinajstić information content (AvgIpc) is 2.77. The third-order valence-corrected chi connectivity index (χ3v) is 5.48. The molecule has 1 aliphatic rings. The van der Waals surface area contributed by atoms with Gasteiger partial charge in [0, 0.05) is 13.0 Å². The van der Waals surface area contributed by atoms with Gasteiger partial charge >= 0.3 is 5.97 Å². The number of amides is 2. The van der Waals surface area contributed by atoms with E-state index in [4.69, 9.17) is 4.74 Å². The largest absolute Gasteiger partial charge is 0.480 e. The molecule has 1 atom stereocenters. The first kappa shape index (κ1) is 22.3. The Labute approximate surface area is 182 Å². The maximum absolute atomic E-state index is 12.4. The third kappa shape index (κ3) is 5.84. The van der Waals surface area contributed by atoms with Gasteiger partial charge in [-0.3, -0.25) is 9.59 Å². The van der Waals surface area contributed by atoms with E-state index in [2.05, 4.69) is 24.4 Å². The molecule has 2 aromatic carbocycles. The Morgan fingerprint density at radius 1 is 1.13 bits per heavy atom. The highest BCUT2D eigenvalue weighted by atomic mass is 16.5. The van der Waals surface area contributed by atoms with Crippen LogP contribution in [0.4, 0.5) is 0 Å². The SMILES string of the molecule is CCCCCc1ccc(Oc2ccc3c(c2)CN(C(=O)CNC=O)C(C(=O)O)C3)cc1. The minimum atomic E-state index is -1.07. The molecule has 2 amide bonds. The van der Waals surface area contributed by atoms with E-state index in [1.807, 2.05) is 30.3 Å². The molecule has 0 spiro atoms. The molecule has 1 unspecified atom stereocenters. The molecule has 0 bridgehead atoms. The van der Waals surface area contributed by atoms with Crippen molar-refractivity contribution in [3.8, 4) is 11.5 Å². The zero-order chi connectivity index (χ0) is 22.2. The van der Waals surface area contributed by atoms with Crippen molar-refractivity contribution in [2.45, 2.75) is 51.6 Å². The molecule has 0 saturated carbocycles. The number of aliphatic carboxylic acids is 1. The van der Waals surface area contributed by atoms with E-state index < -0.39 is 17.9 Å². The van der Waals surface area contributed by atoms with Gasteiger partial charge in [-0.05, 0) is 53.8 Å². The van der Waals surface area contributed by atoms with Crippen molar-refractivity contribution in [2.75, 3.05) is 6.54 Å². The summed E-state index contributed by atoms with van der Waals surface area (Å²) in [6.45, 7) is 2.11. The molecule has 2 aromatic rings. The zero-order valence-corrected chi connectivity index (χ0v) is 17.7. The lowest BCUT2D eigenvalue weighted by Gasteiger charge is -2.34. The number of carbonyl (C=O) groups is 3. The van der Waals surface area contributed by atoms with Crippen molar-refractivity contribution in [1.29, 1.82) is 0 Å². The Bertz CT molecular complexity index is 926. The highest BCUT2D eigenvalue weighted by Crippen LogP contribution is 2.30. The molecule has 0 aliphatic carbocycles. The summed E-state index contributed by atoms with van der Waals surface area (Å²) in [5, 5.41) is 11.8. The predicted octanol–water partition coefficient (Wildman–Crippen LogP) is 3.30. The van der Waals surface area contributed by atoms with E-state index >= 15 is 0 Å². The summed E-state index contributed by atoms with van der Waals surface area (Å²) in [5.74, 6) is -0.147. The topological polar surface area (TPSA) is 95.9 Å². The Kier molecular flexibility index (Phi) is 7.65. The molecule has 0 saturated heterocycles. The maximum Gasteiger partial charge on any atom is 0.326 e. The van der Waals surface area contributed by atoms with Crippen LogP contribution >= 0.6 is 0 Å². The molecule has 0 aromatic heterocycles. The van der Waals surface area contributed by atoms with Crippen LogP contribution < -0.4 is 10.1 Å². The van der Waals surface area contributed by atoms with Gasteiger partial charge in [0.2, 0.25) is 12.3 Å². The van der Waals surface area contributed by atoms with Crippen LogP contribution in [0, 0.1) is 0 Å². The first-order valence-corrected chi connectivity index (χ1v) is 10.6. The quantitative estimate of drug-likeness (QED) is 0.451. The number of nitrogens with zero attached hydrogens (tertiary/aromatic N) is 1. The summed E-state index contributed by atoms with van der Waals surface area (Å²) in [7, 11) is 0. The van der Waals surface area contributed by atoms with E-state index in [0.29, 0.717) is 12.2 Å². The number of hydrogen-bond donors (Lipinski definition) is 2. The van der Waals surface area contributed by atoms with Gasteiger partial charge in [0.05, 0.1) is 6.54 Å². The van der Waals surface area contributed by atoms with Crippen LogP contribution in [-0.4, -0.2) is 40.9 Å². The summed E-state index contributed by atoms with van der Waals surface area (Å²) in [6, 6.07) is 12.6. The van der Waals surface area contributed by atoms with Crippen molar-refractivity contribution < 1.29 is 24.2 Å². The lowest BCUT2D eigenvalue weighted by Crippen LogP contribution is -2.51. The van der Waals surface area contributed by atoms with E-state index in [1.54, 1.807) is 0 Å².